The molecule has 2 aliphatic rings. The number of aryl methyl sites for hydroxylation is 1. The third-order valence-corrected chi connectivity index (χ3v) is 9.00. The van der Waals surface area contributed by atoms with Crippen molar-refractivity contribution in [3.05, 3.63) is 149 Å². The molecule has 2 heteroatoms. The average molecular weight is 496 g/mol. The number of hydrogen-bond acceptors (Lipinski definition) is 0. The van der Waals surface area contributed by atoms with Crippen LogP contribution in [0.4, 0.5) is 0 Å². The number of para-hydroxylation sites is 2. The molecule has 1 aliphatic carbocycles. The Labute approximate surface area is 226 Å². The Bertz CT molecular complexity index is 1570. The van der Waals surface area contributed by atoms with Gasteiger partial charge in [-0.25, -0.2) is 0 Å². The second-order valence-electron chi connectivity index (χ2n) is 11.1. The molecule has 1 fully saturated rings. The van der Waals surface area contributed by atoms with Crippen LogP contribution in [0.15, 0.2) is 109 Å². The zero-order chi connectivity index (χ0) is 25.7. The molecule has 4 aromatic carbocycles. The van der Waals surface area contributed by atoms with Gasteiger partial charge in [0.25, 0.3) is 5.82 Å². The molecule has 0 radical (unpaired) electrons. The summed E-state index contributed by atoms with van der Waals surface area (Å²) in [7, 11) is 0. The second kappa shape index (κ2) is 9.13. The molecule has 1 aliphatic heterocycles. The van der Waals surface area contributed by atoms with Crippen LogP contribution < -0.4 is 4.57 Å². The first kappa shape index (κ1) is 23.2. The minimum atomic E-state index is -0.388. The molecule has 0 unspecified atom stereocenters. The van der Waals surface area contributed by atoms with Gasteiger partial charge < -0.3 is 0 Å². The molecule has 0 N–H and O–H groups in total. The van der Waals surface area contributed by atoms with E-state index in [1.807, 2.05) is 0 Å². The van der Waals surface area contributed by atoms with Crippen molar-refractivity contribution >= 4 is 0 Å². The molecule has 0 atom stereocenters. The highest BCUT2D eigenvalue weighted by atomic mass is 15.2. The van der Waals surface area contributed by atoms with Gasteiger partial charge in [-0.1, -0.05) is 116 Å². The summed E-state index contributed by atoms with van der Waals surface area (Å²) in [5.74, 6) is 1.99. The van der Waals surface area contributed by atoms with Crippen LogP contribution in [0, 0.1) is 13.8 Å². The highest BCUT2D eigenvalue weighted by molar-refractivity contribution is 5.65. The number of fused-ring (bicyclic) bond motifs is 3. The number of imidazole rings is 1. The normalized spacial score (nSPS) is 16.3. The first-order valence-electron chi connectivity index (χ1n) is 14.2. The number of aromatic nitrogens is 2. The molecule has 0 spiro atoms. The van der Waals surface area contributed by atoms with E-state index in [4.69, 9.17) is 0 Å². The lowest BCUT2D eigenvalue weighted by molar-refractivity contribution is -0.609. The van der Waals surface area contributed by atoms with Crippen molar-refractivity contribution in [3.63, 3.8) is 0 Å². The minimum Gasteiger partial charge on any atom is -0.196 e. The maximum atomic E-state index is 2.67. The molecule has 1 saturated carbocycles. The van der Waals surface area contributed by atoms with Gasteiger partial charge in [-0.3, -0.25) is 0 Å². The maximum absolute atomic E-state index is 2.67. The van der Waals surface area contributed by atoms with Gasteiger partial charge in [0.15, 0.2) is 11.4 Å². The molecule has 0 saturated heterocycles. The molecule has 0 bridgehead atoms. The number of rotatable bonds is 4. The van der Waals surface area contributed by atoms with E-state index in [-0.39, 0.29) is 5.41 Å². The third-order valence-electron chi connectivity index (χ3n) is 9.00. The van der Waals surface area contributed by atoms with Gasteiger partial charge in [0, 0.05) is 12.5 Å². The average Bonchev–Trinajstić information content (AvgIpc) is 3.45. The van der Waals surface area contributed by atoms with E-state index in [1.165, 1.54) is 82.9 Å². The quantitative estimate of drug-likeness (QED) is 0.218. The summed E-state index contributed by atoms with van der Waals surface area (Å²) >= 11 is 0. The Balaban J connectivity index is 1.67. The van der Waals surface area contributed by atoms with Gasteiger partial charge in [-0.15, -0.1) is 0 Å². The maximum Gasteiger partial charge on any atom is 0.270 e. The van der Waals surface area contributed by atoms with Crippen molar-refractivity contribution in [2.45, 2.75) is 57.3 Å². The SMILES string of the molecule is Cc1ccccc1-n1c(C)c2[n+](c1C1CCCCC1)-c1ccccc1C2(c1ccccc1)c1ccccc1. The predicted molar refractivity (Wildman–Crippen MR) is 154 cm³/mol. The van der Waals surface area contributed by atoms with Crippen LogP contribution in [0.5, 0.6) is 0 Å². The first-order valence-corrected chi connectivity index (χ1v) is 14.2. The fraction of sp³-hybridized carbons (Fsp3) is 0.250. The molecule has 2 heterocycles. The summed E-state index contributed by atoms with van der Waals surface area (Å²) in [6.07, 6.45) is 6.47. The largest absolute Gasteiger partial charge is 0.270 e. The van der Waals surface area contributed by atoms with E-state index in [9.17, 15) is 0 Å². The minimum absolute atomic E-state index is 0.388. The van der Waals surface area contributed by atoms with Crippen LogP contribution in [0.1, 0.15) is 77.5 Å². The van der Waals surface area contributed by atoms with Gasteiger partial charge in [0.05, 0.1) is 5.92 Å². The number of nitrogens with zero attached hydrogens (tertiary/aromatic N) is 2. The molecule has 0 amide bonds. The van der Waals surface area contributed by atoms with Crippen molar-refractivity contribution in [3.8, 4) is 11.4 Å². The Kier molecular flexibility index (Phi) is 5.58. The third kappa shape index (κ3) is 3.22. The molecule has 188 valence electrons. The van der Waals surface area contributed by atoms with Crippen LogP contribution in [-0.4, -0.2) is 4.57 Å². The van der Waals surface area contributed by atoms with Gasteiger partial charge in [-0.2, -0.15) is 9.13 Å². The van der Waals surface area contributed by atoms with E-state index in [0.717, 1.165) is 0 Å². The van der Waals surface area contributed by atoms with Crippen molar-refractivity contribution in [1.29, 1.82) is 0 Å². The monoisotopic (exact) mass is 495 g/mol. The number of benzene rings is 4. The second-order valence-corrected chi connectivity index (χ2v) is 11.1. The van der Waals surface area contributed by atoms with E-state index in [0.29, 0.717) is 5.92 Å². The summed E-state index contributed by atoms with van der Waals surface area (Å²) in [5.41, 5.74) is 10.3. The Morgan fingerprint density at radius 2 is 1.24 bits per heavy atom. The van der Waals surface area contributed by atoms with Gasteiger partial charge in [0.1, 0.15) is 16.8 Å². The lowest BCUT2D eigenvalue weighted by Crippen LogP contribution is -2.40. The zero-order valence-electron chi connectivity index (χ0n) is 22.4. The highest BCUT2D eigenvalue weighted by Crippen LogP contribution is 2.52. The summed E-state index contributed by atoms with van der Waals surface area (Å²) in [4.78, 5) is 0. The molecule has 1 aromatic heterocycles. The van der Waals surface area contributed by atoms with Crippen molar-refractivity contribution in [1.82, 2.24) is 4.57 Å². The lowest BCUT2D eigenvalue weighted by atomic mass is 9.68. The lowest BCUT2D eigenvalue weighted by Gasteiger charge is -2.30. The summed E-state index contributed by atoms with van der Waals surface area (Å²) in [6, 6.07) is 40.4. The highest BCUT2D eigenvalue weighted by Gasteiger charge is 2.56. The van der Waals surface area contributed by atoms with Gasteiger partial charge in [-0.05, 0) is 48.6 Å². The Morgan fingerprint density at radius 1 is 0.658 bits per heavy atom. The van der Waals surface area contributed by atoms with E-state index in [2.05, 4.69) is 132 Å². The van der Waals surface area contributed by atoms with Gasteiger partial charge >= 0.3 is 0 Å². The topological polar surface area (TPSA) is 8.81 Å². The predicted octanol–water partition coefficient (Wildman–Crippen LogP) is 8.11. The fourth-order valence-corrected chi connectivity index (χ4v) is 7.42. The summed E-state index contributed by atoms with van der Waals surface area (Å²) < 4.78 is 5.30. The van der Waals surface area contributed by atoms with Crippen LogP contribution in [0.25, 0.3) is 11.4 Å². The van der Waals surface area contributed by atoms with Crippen LogP contribution in [-0.2, 0) is 5.41 Å². The first-order chi connectivity index (χ1) is 18.7. The molecule has 2 nitrogen and oxygen atoms in total. The molecular weight excluding hydrogens is 460 g/mol. The summed E-state index contributed by atoms with van der Waals surface area (Å²) in [5, 5.41) is 0. The standard InChI is InChI=1S/C36H35N2/c1-26-16-12-14-24-32(26)37-27(2)34-36(29-19-8-4-9-20-29,30-21-10-5-11-22-30)31-23-13-15-25-33(31)38(34)35(37)28-17-6-3-7-18-28/h4-5,8-16,19-25,28H,3,6-7,17-18H2,1-2H3/q+1. The van der Waals surface area contributed by atoms with Crippen LogP contribution >= 0.6 is 0 Å². The van der Waals surface area contributed by atoms with Crippen molar-refractivity contribution in [2.24, 2.45) is 0 Å². The summed E-state index contributed by atoms with van der Waals surface area (Å²) in [6.45, 7) is 4.61. The Morgan fingerprint density at radius 3 is 1.89 bits per heavy atom. The number of hydrogen-bond donors (Lipinski definition) is 0. The van der Waals surface area contributed by atoms with E-state index < -0.39 is 0 Å². The van der Waals surface area contributed by atoms with Crippen molar-refractivity contribution < 1.29 is 4.57 Å². The van der Waals surface area contributed by atoms with E-state index >= 15 is 0 Å². The van der Waals surface area contributed by atoms with Crippen molar-refractivity contribution in [2.75, 3.05) is 0 Å². The Hall–Kier alpha value is -3.91. The van der Waals surface area contributed by atoms with E-state index in [1.54, 1.807) is 0 Å². The molecule has 7 rings (SSSR count). The smallest absolute Gasteiger partial charge is 0.196 e. The zero-order valence-corrected chi connectivity index (χ0v) is 22.4. The van der Waals surface area contributed by atoms with Crippen LogP contribution in [0.3, 0.4) is 0 Å². The fourth-order valence-electron chi connectivity index (χ4n) is 7.42. The molecule has 5 aromatic rings. The van der Waals surface area contributed by atoms with Gasteiger partial charge in [0.2, 0.25) is 0 Å². The molecule has 38 heavy (non-hydrogen) atoms. The van der Waals surface area contributed by atoms with Crippen LogP contribution in [0.2, 0.25) is 0 Å². The molecular formula is C36H35N2+.